The lowest BCUT2D eigenvalue weighted by molar-refractivity contribution is -0.0440. The predicted octanol–water partition coefficient (Wildman–Crippen LogP) is 1.65. The molecule has 0 aliphatic carbocycles. The van der Waals surface area contributed by atoms with E-state index in [1.54, 1.807) is 17.0 Å². The van der Waals surface area contributed by atoms with Crippen molar-refractivity contribution in [3.8, 4) is 0 Å². The highest BCUT2D eigenvalue weighted by atomic mass is 32.2. The van der Waals surface area contributed by atoms with Crippen LogP contribution in [-0.2, 0) is 14.8 Å². The van der Waals surface area contributed by atoms with E-state index in [0.29, 0.717) is 18.7 Å². The Balaban J connectivity index is 1.71. The lowest BCUT2D eigenvalue weighted by Gasteiger charge is -2.35. The van der Waals surface area contributed by atoms with Crippen LogP contribution >= 0.6 is 0 Å². The zero-order valence-electron chi connectivity index (χ0n) is 17.2. The highest BCUT2D eigenvalue weighted by molar-refractivity contribution is 7.89. The molecule has 0 N–H and O–H groups in total. The van der Waals surface area contributed by atoms with Gasteiger partial charge in [-0.15, -0.1) is 0 Å². The quantitative estimate of drug-likeness (QED) is 0.756. The minimum absolute atomic E-state index is 0.0629. The third-order valence-electron chi connectivity index (χ3n) is 5.68. The molecule has 2 aliphatic heterocycles. The Labute approximate surface area is 168 Å². The van der Waals surface area contributed by atoms with E-state index in [0.717, 1.165) is 25.9 Å². The number of rotatable bonds is 4. The Kier molecular flexibility index (Phi) is 6.44. The molecule has 3 rings (SSSR count). The van der Waals surface area contributed by atoms with E-state index < -0.39 is 10.0 Å². The lowest BCUT2D eigenvalue weighted by Crippen LogP contribution is -2.48. The summed E-state index contributed by atoms with van der Waals surface area (Å²) in [6.07, 6.45) is 1.64. The molecule has 0 spiro atoms. The number of ether oxygens (including phenoxy) is 1. The van der Waals surface area contributed by atoms with E-state index >= 15 is 0 Å². The number of sulfonamides is 1. The van der Waals surface area contributed by atoms with E-state index in [-0.39, 0.29) is 29.1 Å². The van der Waals surface area contributed by atoms with Crippen LogP contribution in [0.5, 0.6) is 0 Å². The van der Waals surface area contributed by atoms with Crippen molar-refractivity contribution in [2.45, 2.75) is 49.8 Å². The molecule has 8 heteroatoms. The summed E-state index contributed by atoms with van der Waals surface area (Å²) in [6.45, 7) is 6.39. The van der Waals surface area contributed by atoms with Crippen LogP contribution in [0.25, 0.3) is 0 Å². The first-order valence-electron chi connectivity index (χ1n) is 9.90. The van der Waals surface area contributed by atoms with Crippen molar-refractivity contribution in [2.75, 3.05) is 40.3 Å². The summed E-state index contributed by atoms with van der Waals surface area (Å²) in [7, 11) is 0.329. The Morgan fingerprint density at radius 1 is 1.07 bits per heavy atom. The van der Waals surface area contributed by atoms with Gasteiger partial charge in [-0.05, 0) is 71.1 Å². The second-order valence-corrected chi connectivity index (χ2v) is 9.99. The Morgan fingerprint density at radius 2 is 1.61 bits per heavy atom. The van der Waals surface area contributed by atoms with Crippen molar-refractivity contribution in [3.63, 3.8) is 0 Å². The molecule has 2 heterocycles. The Morgan fingerprint density at radius 3 is 2.14 bits per heavy atom. The molecule has 2 atom stereocenters. The molecular weight excluding hydrogens is 378 g/mol. The topological polar surface area (TPSA) is 70.2 Å². The highest BCUT2D eigenvalue weighted by Crippen LogP contribution is 2.22. The lowest BCUT2D eigenvalue weighted by atomic mass is 10.0. The standard InChI is InChI=1S/C20H31N3O4S/c1-15-13-23(14-16(2)27-15)28(25,26)19-7-5-17(6-8-19)20(24)22(4)18-9-11-21(3)12-10-18/h5-8,15-16,18H,9-14H2,1-4H3/t15-,16-/m0/s1. The summed E-state index contributed by atoms with van der Waals surface area (Å²) in [4.78, 5) is 17.1. The van der Waals surface area contributed by atoms with Crippen molar-refractivity contribution < 1.29 is 17.9 Å². The van der Waals surface area contributed by atoms with Gasteiger partial charge in [0.1, 0.15) is 0 Å². The number of carbonyl (C=O) groups excluding carboxylic acids is 1. The molecule has 156 valence electrons. The molecule has 1 aromatic carbocycles. The second kappa shape index (κ2) is 8.49. The molecule has 0 unspecified atom stereocenters. The van der Waals surface area contributed by atoms with Gasteiger partial charge in [-0.2, -0.15) is 4.31 Å². The first-order chi connectivity index (χ1) is 13.2. The number of hydrogen-bond acceptors (Lipinski definition) is 5. The molecule has 1 amide bonds. The molecule has 2 aliphatic rings. The largest absolute Gasteiger partial charge is 0.373 e. The molecule has 1 aromatic rings. The smallest absolute Gasteiger partial charge is 0.253 e. The summed E-state index contributed by atoms with van der Waals surface area (Å²) in [6, 6.07) is 6.54. The number of piperidine rings is 1. The number of likely N-dealkylation sites (tertiary alicyclic amines) is 1. The van der Waals surface area contributed by atoms with Crippen molar-refractivity contribution in [2.24, 2.45) is 0 Å². The number of carbonyl (C=O) groups is 1. The van der Waals surface area contributed by atoms with Crippen molar-refractivity contribution in [1.82, 2.24) is 14.1 Å². The highest BCUT2D eigenvalue weighted by Gasteiger charge is 2.32. The van der Waals surface area contributed by atoms with Crippen LogP contribution in [0, 0.1) is 0 Å². The molecule has 0 aromatic heterocycles. The summed E-state index contributed by atoms with van der Waals surface area (Å²) in [5.41, 5.74) is 0.518. The molecular formula is C20H31N3O4S. The van der Waals surface area contributed by atoms with Gasteiger partial charge in [-0.3, -0.25) is 4.79 Å². The fourth-order valence-corrected chi connectivity index (χ4v) is 5.59. The maximum absolute atomic E-state index is 12.9. The molecule has 28 heavy (non-hydrogen) atoms. The van der Waals surface area contributed by atoms with Gasteiger partial charge in [0, 0.05) is 31.7 Å². The van der Waals surface area contributed by atoms with E-state index in [9.17, 15) is 13.2 Å². The summed E-state index contributed by atoms with van der Waals surface area (Å²) in [5, 5.41) is 0. The summed E-state index contributed by atoms with van der Waals surface area (Å²) >= 11 is 0. The van der Waals surface area contributed by atoms with E-state index in [1.165, 1.54) is 16.4 Å². The van der Waals surface area contributed by atoms with Gasteiger partial charge < -0.3 is 14.5 Å². The minimum Gasteiger partial charge on any atom is -0.373 e. The second-order valence-electron chi connectivity index (χ2n) is 8.05. The third kappa shape index (κ3) is 4.56. The number of benzene rings is 1. The van der Waals surface area contributed by atoms with E-state index in [1.807, 2.05) is 20.9 Å². The average molecular weight is 410 g/mol. The van der Waals surface area contributed by atoms with Crippen molar-refractivity contribution in [3.05, 3.63) is 29.8 Å². The van der Waals surface area contributed by atoms with Crippen molar-refractivity contribution >= 4 is 15.9 Å². The molecule has 0 bridgehead atoms. The fraction of sp³-hybridized carbons (Fsp3) is 0.650. The van der Waals surface area contributed by atoms with Crippen LogP contribution in [0.15, 0.2) is 29.2 Å². The van der Waals surface area contributed by atoms with Gasteiger partial charge in [-0.25, -0.2) is 8.42 Å². The number of hydrogen-bond donors (Lipinski definition) is 0. The van der Waals surface area contributed by atoms with Gasteiger partial charge in [-0.1, -0.05) is 0 Å². The third-order valence-corrected chi connectivity index (χ3v) is 7.53. The Bertz CT molecular complexity index is 778. The van der Waals surface area contributed by atoms with E-state index in [4.69, 9.17) is 4.74 Å². The maximum Gasteiger partial charge on any atom is 0.253 e. The van der Waals surface area contributed by atoms with Crippen LogP contribution in [0.1, 0.15) is 37.0 Å². The number of amides is 1. The first-order valence-corrected chi connectivity index (χ1v) is 11.3. The SMILES string of the molecule is C[C@H]1CN(S(=O)(=O)c2ccc(C(=O)N(C)C3CCN(C)CC3)cc2)C[C@H](C)O1. The van der Waals surface area contributed by atoms with Gasteiger partial charge in [0.05, 0.1) is 17.1 Å². The average Bonchev–Trinajstić information content (AvgIpc) is 2.67. The van der Waals surface area contributed by atoms with Gasteiger partial charge in [0.2, 0.25) is 10.0 Å². The molecule has 0 radical (unpaired) electrons. The fourth-order valence-electron chi connectivity index (χ4n) is 4.00. The molecule has 2 fully saturated rings. The van der Waals surface area contributed by atoms with Gasteiger partial charge in [0.15, 0.2) is 0 Å². The van der Waals surface area contributed by atoms with Gasteiger partial charge >= 0.3 is 0 Å². The molecule has 0 saturated carbocycles. The monoisotopic (exact) mass is 409 g/mol. The first kappa shape index (κ1) is 21.2. The number of nitrogens with zero attached hydrogens (tertiary/aromatic N) is 3. The zero-order chi connectivity index (χ0) is 20.5. The van der Waals surface area contributed by atoms with Gasteiger partial charge in [0.25, 0.3) is 5.91 Å². The zero-order valence-corrected chi connectivity index (χ0v) is 18.0. The van der Waals surface area contributed by atoms with Crippen LogP contribution in [-0.4, -0.2) is 87.0 Å². The van der Waals surface area contributed by atoms with Crippen LogP contribution in [0.2, 0.25) is 0 Å². The molecule has 2 saturated heterocycles. The molecule has 7 nitrogen and oxygen atoms in total. The summed E-state index contributed by atoms with van der Waals surface area (Å²) in [5.74, 6) is -0.0629. The van der Waals surface area contributed by atoms with E-state index in [2.05, 4.69) is 11.9 Å². The van der Waals surface area contributed by atoms with Crippen LogP contribution in [0.4, 0.5) is 0 Å². The van der Waals surface area contributed by atoms with Crippen molar-refractivity contribution in [1.29, 1.82) is 0 Å². The maximum atomic E-state index is 12.9. The minimum atomic E-state index is -3.59. The Hall–Kier alpha value is -1.48. The van der Waals surface area contributed by atoms with Crippen LogP contribution < -0.4 is 0 Å². The normalized spacial score (nSPS) is 25.6. The summed E-state index contributed by atoms with van der Waals surface area (Å²) < 4.78 is 33.0. The van der Waals surface area contributed by atoms with Crippen LogP contribution in [0.3, 0.4) is 0 Å². The number of morpholine rings is 1. The predicted molar refractivity (Wildman–Crippen MR) is 108 cm³/mol.